The SMILES string of the molecule is CC(C(N)=O)N(CC(=O)O)C1CC1. The van der Waals surface area contributed by atoms with Gasteiger partial charge < -0.3 is 10.8 Å². The molecule has 0 heterocycles. The van der Waals surface area contributed by atoms with Crippen LogP contribution in [0.3, 0.4) is 0 Å². The normalized spacial score (nSPS) is 18.6. The fourth-order valence-corrected chi connectivity index (χ4v) is 1.31. The summed E-state index contributed by atoms with van der Waals surface area (Å²) in [5.74, 6) is -1.38. The van der Waals surface area contributed by atoms with Gasteiger partial charge in [-0.15, -0.1) is 0 Å². The van der Waals surface area contributed by atoms with Crippen molar-refractivity contribution < 1.29 is 14.7 Å². The molecule has 3 N–H and O–H groups in total. The zero-order chi connectivity index (χ0) is 10.0. The number of amides is 1. The van der Waals surface area contributed by atoms with Gasteiger partial charge in [-0.3, -0.25) is 14.5 Å². The first-order valence-corrected chi connectivity index (χ1v) is 4.29. The second-order valence-electron chi connectivity index (χ2n) is 3.38. The minimum Gasteiger partial charge on any atom is -0.480 e. The van der Waals surface area contributed by atoms with E-state index in [1.165, 1.54) is 0 Å². The van der Waals surface area contributed by atoms with Crippen LogP contribution in [0, 0.1) is 0 Å². The summed E-state index contributed by atoms with van der Waals surface area (Å²) in [6.45, 7) is 1.54. The van der Waals surface area contributed by atoms with Crippen LogP contribution in [0.1, 0.15) is 19.8 Å². The van der Waals surface area contributed by atoms with Gasteiger partial charge in [0.15, 0.2) is 0 Å². The van der Waals surface area contributed by atoms with Crippen molar-refractivity contribution in [3.63, 3.8) is 0 Å². The average molecular weight is 186 g/mol. The van der Waals surface area contributed by atoms with E-state index in [2.05, 4.69) is 0 Å². The smallest absolute Gasteiger partial charge is 0.317 e. The number of aliphatic carboxylic acids is 1. The maximum atomic E-state index is 10.8. The van der Waals surface area contributed by atoms with Crippen LogP contribution >= 0.6 is 0 Å². The Labute approximate surface area is 76.5 Å². The molecular weight excluding hydrogens is 172 g/mol. The molecule has 5 nitrogen and oxygen atoms in total. The van der Waals surface area contributed by atoms with Crippen molar-refractivity contribution in [3.8, 4) is 0 Å². The standard InChI is InChI=1S/C8H14N2O3/c1-5(8(9)13)10(4-7(11)12)6-2-3-6/h5-6H,2-4H2,1H3,(H2,9,13)(H,11,12). The second kappa shape index (κ2) is 3.74. The van der Waals surface area contributed by atoms with Crippen LogP contribution in [0.5, 0.6) is 0 Å². The van der Waals surface area contributed by atoms with Gasteiger partial charge in [-0.25, -0.2) is 0 Å². The molecule has 1 fully saturated rings. The summed E-state index contributed by atoms with van der Waals surface area (Å²) in [4.78, 5) is 23.0. The molecule has 74 valence electrons. The number of nitrogens with two attached hydrogens (primary N) is 1. The largest absolute Gasteiger partial charge is 0.480 e. The van der Waals surface area contributed by atoms with Crippen molar-refractivity contribution in [2.75, 3.05) is 6.54 Å². The summed E-state index contributed by atoms with van der Waals surface area (Å²) in [6.07, 6.45) is 1.93. The zero-order valence-corrected chi connectivity index (χ0v) is 7.56. The Morgan fingerprint density at radius 2 is 2.15 bits per heavy atom. The Morgan fingerprint density at radius 3 is 2.46 bits per heavy atom. The minimum atomic E-state index is -0.917. The molecule has 0 aromatic carbocycles. The number of hydrogen-bond donors (Lipinski definition) is 2. The first-order valence-electron chi connectivity index (χ1n) is 4.29. The Kier molecular flexibility index (Phi) is 2.87. The molecule has 0 aromatic rings. The highest BCUT2D eigenvalue weighted by Gasteiger charge is 2.35. The predicted molar refractivity (Wildman–Crippen MR) is 46.0 cm³/mol. The molecule has 1 rings (SSSR count). The molecule has 1 saturated carbocycles. The lowest BCUT2D eigenvalue weighted by atomic mass is 10.2. The number of carboxylic acid groups (broad SMARTS) is 1. The number of carbonyl (C=O) groups is 2. The highest BCUT2D eigenvalue weighted by Crippen LogP contribution is 2.28. The van der Waals surface area contributed by atoms with E-state index < -0.39 is 17.9 Å². The van der Waals surface area contributed by atoms with Crippen LogP contribution in [-0.2, 0) is 9.59 Å². The van der Waals surface area contributed by atoms with Crippen molar-refractivity contribution in [2.45, 2.75) is 31.8 Å². The molecule has 1 atom stereocenters. The molecule has 13 heavy (non-hydrogen) atoms. The first kappa shape index (κ1) is 9.98. The van der Waals surface area contributed by atoms with E-state index in [0.29, 0.717) is 0 Å². The third-order valence-corrected chi connectivity index (χ3v) is 2.24. The molecule has 5 heteroatoms. The quantitative estimate of drug-likeness (QED) is 0.601. The topological polar surface area (TPSA) is 83.6 Å². The van der Waals surface area contributed by atoms with Crippen LogP contribution in [0.4, 0.5) is 0 Å². The van der Waals surface area contributed by atoms with Gasteiger partial charge in [0, 0.05) is 6.04 Å². The van der Waals surface area contributed by atoms with E-state index in [9.17, 15) is 9.59 Å². The second-order valence-corrected chi connectivity index (χ2v) is 3.38. The van der Waals surface area contributed by atoms with Gasteiger partial charge in [-0.2, -0.15) is 0 Å². The van der Waals surface area contributed by atoms with E-state index in [0.717, 1.165) is 12.8 Å². The monoisotopic (exact) mass is 186 g/mol. The van der Waals surface area contributed by atoms with Gasteiger partial charge in [0.05, 0.1) is 12.6 Å². The fraction of sp³-hybridized carbons (Fsp3) is 0.750. The fourth-order valence-electron chi connectivity index (χ4n) is 1.31. The third kappa shape index (κ3) is 2.69. The molecule has 0 spiro atoms. The van der Waals surface area contributed by atoms with E-state index in [4.69, 9.17) is 10.8 Å². The lowest BCUT2D eigenvalue weighted by Gasteiger charge is -2.24. The van der Waals surface area contributed by atoms with Gasteiger partial charge in [0.1, 0.15) is 0 Å². The van der Waals surface area contributed by atoms with Gasteiger partial charge in [0.25, 0.3) is 0 Å². The molecule has 1 aliphatic rings. The molecule has 0 aromatic heterocycles. The van der Waals surface area contributed by atoms with E-state index in [-0.39, 0.29) is 12.6 Å². The van der Waals surface area contributed by atoms with Gasteiger partial charge in [-0.05, 0) is 19.8 Å². The number of hydrogen-bond acceptors (Lipinski definition) is 3. The first-order chi connectivity index (χ1) is 6.02. The summed E-state index contributed by atoms with van der Waals surface area (Å²) >= 11 is 0. The van der Waals surface area contributed by atoms with Crippen LogP contribution < -0.4 is 5.73 Å². The molecule has 1 unspecified atom stereocenters. The number of rotatable bonds is 5. The summed E-state index contributed by atoms with van der Waals surface area (Å²) in [5.41, 5.74) is 5.10. The number of carbonyl (C=O) groups excluding carboxylic acids is 1. The van der Waals surface area contributed by atoms with E-state index in [1.807, 2.05) is 0 Å². The van der Waals surface area contributed by atoms with Crippen molar-refractivity contribution in [3.05, 3.63) is 0 Å². The lowest BCUT2D eigenvalue weighted by molar-refractivity contribution is -0.139. The highest BCUT2D eigenvalue weighted by molar-refractivity contribution is 5.80. The average Bonchev–Trinajstić information content (AvgIpc) is 2.80. The third-order valence-electron chi connectivity index (χ3n) is 2.24. The Balaban J connectivity index is 2.55. The van der Waals surface area contributed by atoms with Crippen LogP contribution in [0.2, 0.25) is 0 Å². The van der Waals surface area contributed by atoms with Crippen LogP contribution in [-0.4, -0.2) is 40.5 Å². The number of carboxylic acids is 1. The Morgan fingerprint density at radius 1 is 1.62 bits per heavy atom. The van der Waals surface area contributed by atoms with E-state index >= 15 is 0 Å². The molecule has 0 bridgehead atoms. The molecule has 1 aliphatic carbocycles. The number of primary amides is 1. The maximum absolute atomic E-state index is 10.8. The summed E-state index contributed by atoms with van der Waals surface area (Å²) < 4.78 is 0. The van der Waals surface area contributed by atoms with Gasteiger partial charge in [-0.1, -0.05) is 0 Å². The molecule has 0 aliphatic heterocycles. The Bertz CT molecular complexity index is 225. The summed E-state index contributed by atoms with van der Waals surface area (Å²) in [6, 6.07) is -0.248. The lowest BCUT2D eigenvalue weighted by Crippen LogP contribution is -2.46. The molecule has 0 saturated heterocycles. The van der Waals surface area contributed by atoms with Crippen molar-refractivity contribution in [2.24, 2.45) is 5.73 Å². The maximum Gasteiger partial charge on any atom is 0.317 e. The predicted octanol–water partition coefficient (Wildman–Crippen LogP) is -0.591. The van der Waals surface area contributed by atoms with Crippen LogP contribution in [0.15, 0.2) is 0 Å². The van der Waals surface area contributed by atoms with Crippen LogP contribution in [0.25, 0.3) is 0 Å². The highest BCUT2D eigenvalue weighted by atomic mass is 16.4. The van der Waals surface area contributed by atoms with Gasteiger partial charge >= 0.3 is 5.97 Å². The van der Waals surface area contributed by atoms with Gasteiger partial charge in [0.2, 0.25) is 5.91 Å². The summed E-state index contributed by atoms with van der Waals surface area (Å²) in [5, 5.41) is 8.60. The van der Waals surface area contributed by atoms with E-state index in [1.54, 1.807) is 11.8 Å². The van der Waals surface area contributed by atoms with Crippen molar-refractivity contribution in [1.29, 1.82) is 0 Å². The summed E-state index contributed by atoms with van der Waals surface area (Å²) in [7, 11) is 0. The van der Waals surface area contributed by atoms with Crippen molar-refractivity contribution in [1.82, 2.24) is 4.90 Å². The molecule has 1 amide bonds. The van der Waals surface area contributed by atoms with Crippen molar-refractivity contribution >= 4 is 11.9 Å². The molecular formula is C8H14N2O3. The zero-order valence-electron chi connectivity index (χ0n) is 7.56. The molecule has 0 radical (unpaired) electrons. The Hall–Kier alpha value is -1.10. The number of nitrogens with zero attached hydrogens (tertiary/aromatic N) is 1. The minimum absolute atomic E-state index is 0.102.